The maximum absolute atomic E-state index is 13.8. The zero-order chi connectivity index (χ0) is 24.5. The van der Waals surface area contributed by atoms with Crippen molar-refractivity contribution >= 4 is 23.4 Å². The minimum atomic E-state index is -0.647. The van der Waals surface area contributed by atoms with E-state index in [4.69, 9.17) is 11.6 Å². The van der Waals surface area contributed by atoms with E-state index >= 15 is 0 Å². The van der Waals surface area contributed by atoms with Gasteiger partial charge in [0.15, 0.2) is 0 Å². The molecule has 0 aromatic heterocycles. The van der Waals surface area contributed by atoms with Gasteiger partial charge in [-0.25, -0.2) is 0 Å². The van der Waals surface area contributed by atoms with E-state index in [0.29, 0.717) is 18.0 Å². The van der Waals surface area contributed by atoms with E-state index in [1.807, 2.05) is 93.6 Å². The number of rotatable bonds is 10. The summed E-state index contributed by atoms with van der Waals surface area (Å²) < 4.78 is 0. The van der Waals surface area contributed by atoms with Crippen LogP contribution < -0.4 is 5.32 Å². The Morgan fingerprint density at radius 3 is 2.18 bits per heavy atom. The van der Waals surface area contributed by atoms with Gasteiger partial charge in [-0.2, -0.15) is 0 Å². The molecule has 178 valence electrons. The van der Waals surface area contributed by atoms with Gasteiger partial charge >= 0.3 is 0 Å². The Hall–Kier alpha value is -3.11. The Bertz CT molecular complexity index is 1100. The Kier molecular flexibility index (Phi) is 9.29. The van der Waals surface area contributed by atoms with Crippen LogP contribution in [0, 0.1) is 6.92 Å². The lowest BCUT2D eigenvalue weighted by Crippen LogP contribution is -2.52. The van der Waals surface area contributed by atoms with Gasteiger partial charge in [0.2, 0.25) is 11.8 Å². The third kappa shape index (κ3) is 6.94. The van der Waals surface area contributed by atoms with Gasteiger partial charge in [0, 0.05) is 24.0 Å². The van der Waals surface area contributed by atoms with E-state index in [2.05, 4.69) is 5.32 Å². The fraction of sp³-hybridized carbons (Fsp3) is 0.310. The van der Waals surface area contributed by atoms with Crippen molar-refractivity contribution in [1.29, 1.82) is 0 Å². The molecule has 3 rings (SSSR count). The Morgan fingerprint density at radius 2 is 1.53 bits per heavy atom. The highest BCUT2D eigenvalue weighted by Crippen LogP contribution is 2.21. The molecule has 2 amide bonds. The second-order valence-corrected chi connectivity index (χ2v) is 9.15. The highest BCUT2D eigenvalue weighted by atomic mass is 35.5. The summed E-state index contributed by atoms with van der Waals surface area (Å²) in [5.41, 5.74) is 3.86. The highest BCUT2D eigenvalue weighted by molar-refractivity contribution is 6.31. The predicted molar refractivity (Wildman–Crippen MR) is 139 cm³/mol. The summed E-state index contributed by atoms with van der Waals surface area (Å²) in [6.45, 7) is 6.39. The number of hydrogen-bond acceptors (Lipinski definition) is 2. The molecule has 0 heterocycles. The van der Waals surface area contributed by atoms with E-state index < -0.39 is 6.04 Å². The van der Waals surface area contributed by atoms with E-state index in [1.54, 1.807) is 11.0 Å². The quantitative estimate of drug-likeness (QED) is 0.405. The first-order valence-electron chi connectivity index (χ1n) is 11.8. The molecule has 0 aliphatic carbocycles. The Morgan fingerprint density at radius 1 is 0.912 bits per heavy atom. The van der Waals surface area contributed by atoms with Gasteiger partial charge in [-0.15, -0.1) is 0 Å². The van der Waals surface area contributed by atoms with Gasteiger partial charge in [-0.3, -0.25) is 9.59 Å². The molecule has 0 fully saturated rings. The number of carbonyl (C=O) groups excluding carboxylic acids is 2. The van der Waals surface area contributed by atoms with Crippen molar-refractivity contribution < 1.29 is 9.59 Å². The van der Waals surface area contributed by atoms with Crippen molar-refractivity contribution in [2.45, 2.75) is 58.7 Å². The van der Waals surface area contributed by atoms with Crippen LogP contribution in [0.1, 0.15) is 42.5 Å². The predicted octanol–water partition coefficient (Wildman–Crippen LogP) is 5.75. The van der Waals surface area contributed by atoms with Crippen molar-refractivity contribution in [3.8, 4) is 0 Å². The van der Waals surface area contributed by atoms with E-state index in [0.717, 1.165) is 28.7 Å². The molecule has 3 aromatic carbocycles. The summed E-state index contributed by atoms with van der Waals surface area (Å²) in [5.74, 6) is -0.268. The minimum Gasteiger partial charge on any atom is -0.352 e. The average Bonchev–Trinajstić information content (AvgIpc) is 2.84. The van der Waals surface area contributed by atoms with Crippen LogP contribution >= 0.6 is 11.6 Å². The first-order valence-corrected chi connectivity index (χ1v) is 12.2. The summed E-state index contributed by atoms with van der Waals surface area (Å²) in [6.07, 6.45) is 1.38. The molecule has 0 aliphatic heterocycles. The first kappa shape index (κ1) is 25.5. The fourth-order valence-corrected chi connectivity index (χ4v) is 4.07. The molecule has 3 aromatic rings. The first-order chi connectivity index (χ1) is 16.4. The third-order valence-corrected chi connectivity index (χ3v) is 6.54. The number of amides is 2. The summed E-state index contributed by atoms with van der Waals surface area (Å²) >= 11 is 6.37. The third-order valence-electron chi connectivity index (χ3n) is 6.17. The van der Waals surface area contributed by atoms with Gasteiger partial charge in [0.25, 0.3) is 0 Å². The van der Waals surface area contributed by atoms with E-state index in [9.17, 15) is 9.59 Å². The topological polar surface area (TPSA) is 49.4 Å². The maximum Gasteiger partial charge on any atom is 0.243 e. The lowest BCUT2D eigenvalue weighted by atomic mass is 10.00. The summed E-state index contributed by atoms with van der Waals surface area (Å²) in [7, 11) is 0. The average molecular weight is 477 g/mol. The molecule has 0 bridgehead atoms. The van der Waals surface area contributed by atoms with Gasteiger partial charge < -0.3 is 10.2 Å². The number of benzene rings is 3. The molecule has 34 heavy (non-hydrogen) atoms. The van der Waals surface area contributed by atoms with Crippen LogP contribution in [-0.2, 0) is 29.0 Å². The molecule has 0 aliphatic rings. The molecule has 0 unspecified atom stereocenters. The normalized spacial score (nSPS) is 12.6. The Balaban J connectivity index is 2.00. The molecule has 1 N–H and O–H groups in total. The second kappa shape index (κ2) is 12.4. The monoisotopic (exact) mass is 476 g/mol. The molecule has 0 radical (unpaired) electrons. The van der Waals surface area contributed by atoms with Crippen LogP contribution in [0.4, 0.5) is 0 Å². The van der Waals surface area contributed by atoms with Gasteiger partial charge in [-0.1, -0.05) is 91.3 Å². The molecule has 0 saturated heterocycles. The Labute approximate surface area is 207 Å². The summed E-state index contributed by atoms with van der Waals surface area (Å²) in [6, 6.07) is 24.6. The van der Waals surface area contributed by atoms with E-state index in [-0.39, 0.29) is 24.3 Å². The van der Waals surface area contributed by atoms with Crippen LogP contribution in [0.5, 0.6) is 0 Å². The van der Waals surface area contributed by atoms with Crippen molar-refractivity contribution in [2.24, 2.45) is 0 Å². The molecule has 0 spiro atoms. The largest absolute Gasteiger partial charge is 0.352 e. The number of carbonyl (C=O) groups is 2. The lowest BCUT2D eigenvalue weighted by molar-refractivity contribution is -0.141. The number of nitrogens with zero attached hydrogens (tertiary/aromatic N) is 1. The van der Waals surface area contributed by atoms with Crippen molar-refractivity contribution in [3.05, 3.63) is 106 Å². The van der Waals surface area contributed by atoms with Crippen molar-refractivity contribution in [2.75, 3.05) is 0 Å². The zero-order valence-corrected chi connectivity index (χ0v) is 20.9. The van der Waals surface area contributed by atoms with Gasteiger partial charge in [-0.05, 0) is 48.6 Å². The van der Waals surface area contributed by atoms with Crippen molar-refractivity contribution in [1.82, 2.24) is 10.2 Å². The SMILES string of the molecule is CC[C@@H](C)NC(=O)[C@@H](Cc1ccccc1)N(Cc1ccccc1C)C(=O)Cc1ccccc1Cl. The molecular weight excluding hydrogens is 444 g/mol. The van der Waals surface area contributed by atoms with Crippen LogP contribution in [0.25, 0.3) is 0 Å². The second-order valence-electron chi connectivity index (χ2n) is 8.74. The van der Waals surface area contributed by atoms with Crippen LogP contribution in [-0.4, -0.2) is 28.8 Å². The molecule has 0 saturated carbocycles. The number of nitrogens with one attached hydrogen (secondary N) is 1. The lowest BCUT2D eigenvalue weighted by Gasteiger charge is -2.33. The number of hydrogen-bond donors (Lipinski definition) is 1. The van der Waals surface area contributed by atoms with Gasteiger partial charge in [0.05, 0.1) is 6.42 Å². The standard InChI is InChI=1S/C29H33ClN2O2/c1-4-22(3)31-29(34)27(18-23-13-6-5-7-14-23)32(20-25-16-9-8-12-21(25)2)28(33)19-24-15-10-11-17-26(24)30/h5-17,22,27H,4,18-20H2,1-3H3,(H,31,34)/t22-,27-/m1/s1. The highest BCUT2D eigenvalue weighted by Gasteiger charge is 2.31. The number of aryl methyl sites for hydroxylation is 1. The van der Waals surface area contributed by atoms with E-state index in [1.165, 1.54) is 0 Å². The van der Waals surface area contributed by atoms with Crippen LogP contribution in [0.3, 0.4) is 0 Å². The van der Waals surface area contributed by atoms with Crippen molar-refractivity contribution in [3.63, 3.8) is 0 Å². The smallest absolute Gasteiger partial charge is 0.243 e. The fourth-order valence-electron chi connectivity index (χ4n) is 3.87. The number of halogens is 1. The van der Waals surface area contributed by atoms with Gasteiger partial charge in [0.1, 0.15) is 6.04 Å². The maximum atomic E-state index is 13.8. The molecular formula is C29H33ClN2O2. The minimum absolute atomic E-state index is 0.0183. The summed E-state index contributed by atoms with van der Waals surface area (Å²) in [4.78, 5) is 29.0. The van der Waals surface area contributed by atoms with Crippen LogP contribution in [0.2, 0.25) is 5.02 Å². The molecule has 5 heteroatoms. The molecule has 2 atom stereocenters. The summed E-state index contributed by atoms with van der Waals surface area (Å²) in [5, 5.41) is 3.65. The zero-order valence-electron chi connectivity index (χ0n) is 20.1. The molecule has 4 nitrogen and oxygen atoms in total. The van der Waals surface area contributed by atoms with Crippen LogP contribution in [0.15, 0.2) is 78.9 Å².